The van der Waals surface area contributed by atoms with Crippen LogP contribution in [0.3, 0.4) is 0 Å². The Morgan fingerprint density at radius 2 is 1.78 bits per heavy atom. The number of hydrogen-bond acceptors (Lipinski definition) is 8. The van der Waals surface area contributed by atoms with Crippen LogP contribution in [0.5, 0.6) is 5.75 Å². The molecule has 0 fully saturated rings. The fourth-order valence-corrected chi connectivity index (χ4v) is 3.55. The van der Waals surface area contributed by atoms with Crippen molar-refractivity contribution in [3.63, 3.8) is 0 Å². The molecule has 0 aliphatic heterocycles. The fourth-order valence-electron chi connectivity index (χ4n) is 3.55. The van der Waals surface area contributed by atoms with Gasteiger partial charge in [0.1, 0.15) is 23.6 Å². The van der Waals surface area contributed by atoms with Crippen molar-refractivity contribution in [1.82, 2.24) is 0 Å². The molecule has 1 aromatic heterocycles. The second-order valence-electron chi connectivity index (χ2n) is 8.20. The monoisotopic (exact) mass is 502 g/mol. The summed E-state index contributed by atoms with van der Waals surface area (Å²) in [5.41, 5.74) is 1.54. The lowest BCUT2D eigenvalue weighted by Gasteiger charge is -2.14. The van der Waals surface area contributed by atoms with Gasteiger partial charge < -0.3 is 19.2 Å². The standard InChI is InChI=1S/C27H22N2O8/c1-16-13-25(30)37-24-14-20(11-12-21(16)24)35-15-18-7-9-19(10-8-18)27(32)36-17(2)26(31)28-22-5-3-4-6-23(22)29(33)34/h3-14,17H,15H2,1-2H3,(H,28,31). The zero-order valence-corrected chi connectivity index (χ0v) is 19.9. The molecule has 0 aliphatic carbocycles. The number of hydrogen-bond donors (Lipinski definition) is 1. The second kappa shape index (κ2) is 10.7. The van der Waals surface area contributed by atoms with E-state index in [-0.39, 0.29) is 23.5 Å². The van der Waals surface area contributed by atoms with Crippen molar-refractivity contribution >= 4 is 34.2 Å². The van der Waals surface area contributed by atoms with Gasteiger partial charge in [-0.15, -0.1) is 0 Å². The molecule has 1 N–H and O–H groups in total. The first-order chi connectivity index (χ1) is 17.7. The molecule has 37 heavy (non-hydrogen) atoms. The van der Waals surface area contributed by atoms with Gasteiger partial charge in [-0.3, -0.25) is 14.9 Å². The van der Waals surface area contributed by atoms with E-state index in [1.807, 2.05) is 13.0 Å². The van der Waals surface area contributed by atoms with E-state index in [4.69, 9.17) is 13.9 Å². The zero-order valence-electron chi connectivity index (χ0n) is 19.9. The van der Waals surface area contributed by atoms with Gasteiger partial charge in [-0.25, -0.2) is 9.59 Å². The number of ether oxygens (including phenoxy) is 2. The van der Waals surface area contributed by atoms with Crippen LogP contribution >= 0.6 is 0 Å². The average Bonchev–Trinajstić information content (AvgIpc) is 2.87. The molecule has 3 aromatic carbocycles. The molecule has 0 radical (unpaired) electrons. The second-order valence-corrected chi connectivity index (χ2v) is 8.20. The van der Waals surface area contributed by atoms with E-state index in [0.29, 0.717) is 11.3 Å². The molecule has 10 heteroatoms. The number of rotatable bonds is 8. The summed E-state index contributed by atoms with van der Waals surface area (Å²) in [4.78, 5) is 47.0. The summed E-state index contributed by atoms with van der Waals surface area (Å²) < 4.78 is 16.2. The highest BCUT2D eigenvalue weighted by Gasteiger charge is 2.22. The molecular weight excluding hydrogens is 480 g/mol. The van der Waals surface area contributed by atoms with Crippen molar-refractivity contribution in [2.45, 2.75) is 26.6 Å². The van der Waals surface area contributed by atoms with Gasteiger partial charge in [-0.2, -0.15) is 0 Å². The van der Waals surface area contributed by atoms with Gasteiger partial charge in [0.15, 0.2) is 6.10 Å². The fraction of sp³-hybridized carbons (Fsp3) is 0.148. The van der Waals surface area contributed by atoms with E-state index in [1.54, 1.807) is 30.3 Å². The molecule has 4 aromatic rings. The van der Waals surface area contributed by atoms with E-state index < -0.39 is 28.5 Å². The molecule has 1 unspecified atom stereocenters. The first kappa shape index (κ1) is 25.1. The van der Waals surface area contributed by atoms with E-state index in [0.717, 1.165) is 16.5 Å². The van der Waals surface area contributed by atoms with Gasteiger partial charge in [0.05, 0.1) is 10.5 Å². The van der Waals surface area contributed by atoms with Gasteiger partial charge in [0.2, 0.25) is 0 Å². The summed E-state index contributed by atoms with van der Waals surface area (Å²) in [6, 6.07) is 18.8. The Bertz CT molecular complexity index is 1540. The topological polar surface area (TPSA) is 138 Å². The van der Waals surface area contributed by atoms with Gasteiger partial charge in [-0.05, 0) is 55.3 Å². The van der Waals surface area contributed by atoms with Crippen molar-refractivity contribution in [2.24, 2.45) is 0 Å². The minimum Gasteiger partial charge on any atom is -0.489 e. The number of nitro groups is 1. The van der Waals surface area contributed by atoms with Crippen molar-refractivity contribution in [2.75, 3.05) is 5.32 Å². The highest BCUT2D eigenvalue weighted by molar-refractivity contribution is 5.98. The molecular formula is C27H22N2O8. The van der Waals surface area contributed by atoms with Gasteiger partial charge >= 0.3 is 11.6 Å². The number of benzene rings is 3. The number of nitro benzene ring substituents is 1. The van der Waals surface area contributed by atoms with E-state index in [9.17, 15) is 24.5 Å². The first-order valence-corrected chi connectivity index (χ1v) is 11.2. The van der Waals surface area contributed by atoms with Crippen LogP contribution < -0.4 is 15.7 Å². The van der Waals surface area contributed by atoms with Crippen LogP contribution in [0, 0.1) is 17.0 Å². The smallest absolute Gasteiger partial charge is 0.338 e. The van der Waals surface area contributed by atoms with Crippen molar-refractivity contribution < 1.29 is 28.4 Å². The van der Waals surface area contributed by atoms with Crippen LogP contribution in [0.2, 0.25) is 0 Å². The maximum Gasteiger partial charge on any atom is 0.338 e. The molecule has 0 spiro atoms. The summed E-state index contributed by atoms with van der Waals surface area (Å²) in [7, 11) is 0. The molecule has 10 nitrogen and oxygen atoms in total. The summed E-state index contributed by atoms with van der Waals surface area (Å²) in [6.07, 6.45) is -1.19. The van der Waals surface area contributed by atoms with Crippen LogP contribution in [0.25, 0.3) is 11.0 Å². The van der Waals surface area contributed by atoms with Gasteiger partial charge in [0, 0.05) is 23.6 Å². The largest absolute Gasteiger partial charge is 0.489 e. The quantitative estimate of drug-likeness (QED) is 0.157. The number of aryl methyl sites for hydroxylation is 1. The Morgan fingerprint density at radius 3 is 2.51 bits per heavy atom. The number of fused-ring (bicyclic) bond motifs is 1. The number of nitrogens with zero attached hydrogens (tertiary/aromatic N) is 1. The maximum absolute atomic E-state index is 12.5. The van der Waals surface area contributed by atoms with Crippen molar-refractivity contribution in [3.05, 3.63) is 110 Å². The van der Waals surface area contributed by atoms with Crippen LogP contribution in [-0.4, -0.2) is 22.9 Å². The molecule has 0 saturated heterocycles. The summed E-state index contributed by atoms with van der Waals surface area (Å²) in [5, 5.41) is 14.3. The Labute approximate surface area is 210 Å². The van der Waals surface area contributed by atoms with Crippen LogP contribution in [0.15, 0.2) is 82.0 Å². The van der Waals surface area contributed by atoms with Crippen molar-refractivity contribution in [3.8, 4) is 5.75 Å². The van der Waals surface area contributed by atoms with Gasteiger partial charge in [-0.1, -0.05) is 24.3 Å². The van der Waals surface area contributed by atoms with Crippen LogP contribution in [0.1, 0.15) is 28.4 Å². The third kappa shape index (κ3) is 5.99. The zero-order chi connectivity index (χ0) is 26.5. The third-order valence-corrected chi connectivity index (χ3v) is 5.53. The minimum atomic E-state index is -1.19. The Balaban J connectivity index is 1.34. The predicted octanol–water partition coefficient (Wildman–Crippen LogP) is 4.77. The lowest BCUT2D eigenvalue weighted by atomic mass is 10.1. The third-order valence-electron chi connectivity index (χ3n) is 5.53. The molecule has 188 valence electrons. The molecule has 0 saturated carbocycles. The molecule has 1 atom stereocenters. The summed E-state index contributed by atoms with van der Waals surface area (Å²) in [5.74, 6) is -0.907. The normalized spacial score (nSPS) is 11.5. The van der Waals surface area contributed by atoms with Crippen LogP contribution in [-0.2, 0) is 16.1 Å². The highest BCUT2D eigenvalue weighted by Crippen LogP contribution is 2.24. The Hall–Kier alpha value is -4.99. The van der Waals surface area contributed by atoms with E-state index >= 15 is 0 Å². The van der Waals surface area contributed by atoms with E-state index in [1.165, 1.54) is 43.3 Å². The molecule has 1 amide bonds. The average molecular weight is 502 g/mol. The molecule has 0 aliphatic rings. The highest BCUT2D eigenvalue weighted by atomic mass is 16.6. The lowest BCUT2D eigenvalue weighted by Crippen LogP contribution is -2.30. The first-order valence-electron chi connectivity index (χ1n) is 11.2. The minimum absolute atomic E-state index is 0.00781. The summed E-state index contributed by atoms with van der Waals surface area (Å²) in [6.45, 7) is 3.40. The lowest BCUT2D eigenvalue weighted by molar-refractivity contribution is -0.383. The molecule has 4 rings (SSSR count). The number of nitrogens with one attached hydrogen (secondary N) is 1. The molecule has 1 heterocycles. The molecule has 0 bridgehead atoms. The maximum atomic E-state index is 12.5. The summed E-state index contributed by atoms with van der Waals surface area (Å²) >= 11 is 0. The Morgan fingerprint density at radius 1 is 1.05 bits per heavy atom. The van der Waals surface area contributed by atoms with Crippen LogP contribution in [0.4, 0.5) is 11.4 Å². The van der Waals surface area contributed by atoms with E-state index in [2.05, 4.69) is 5.32 Å². The SMILES string of the molecule is Cc1cc(=O)oc2cc(OCc3ccc(C(=O)OC(C)C(=O)Nc4ccccc4[N+](=O)[O-])cc3)ccc12. The number of esters is 1. The number of carbonyl (C=O) groups excluding carboxylic acids is 2. The predicted molar refractivity (Wildman–Crippen MR) is 135 cm³/mol. The van der Waals surface area contributed by atoms with Crippen molar-refractivity contribution in [1.29, 1.82) is 0 Å². The number of carbonyl (C=O) groups is 2. The Kier molecular flexibility index (Phi) is 7.28. The van der Waals surface area contributed by atoms with Gasteiger partial charge in [0.25, 0.3) is 11.6 Å². The number of amides is 1. The number of para-hydroxylation sites is 2. The number of anilines is 1.